The second-order valence-corrected chi connectivity index (χ2v) is 6.43. The molecule has 0 aliphatic carbocycles. The number of ether oxygens (including phenoxy) is 1. The topological polar surface area (TPSA) is 38.3 Å². The first-order chi connectivity index (χ1) is 11.2. The monoisotopic (exact) mass is 329 g/mol. The van der Waals surface area contributed by atoms with E-state index in [9.17, 15) is 4.79 Å². The molecule has 0 atom stereocenters. The number of benzene rings is 2. The van der Waals surface area contributed by atoms with Gasteiger partial charge in [0.2, 0.25) is 5.91 Å². The maximum atomic E-state index is 11.9. The van der Waals surface area contributed by atoms with Crippen LogP contribution in [0, 0.1) is 6.92 Å². The second-order valence-electron chi connectivity index (χ2n) is 5.27. The van der Waals surface area contributed by atoms with Crippen LogP contribution in [0.2, 0.25) is 0 Å². The van der Waals surface area contributed by atoms with Crippen LogP contribution >= 0.6 is 11.8 Å². The Balaban J connectivity index is 1.67. The van der Waals surface area contributed by atoms with Crippen molar-refractivity contribution in [2.45, 2.75) is 31.7 Å². The maximum Gasteiger partial charge on any atom is 0.221 e. The van der Waals surface area contributed by atoms with Gasteiger partial charge in [-0.05, 0) is 43.7 Å². The molecule has 0 aliphatic rings. The Labute approximate surface area is 142 Å². The molecule has 0 saturated heterocycles. The molecule has 0 bridgehead atoms. The lowest BCUT2D eigenvalue weighted by Gasteiger charge is -2.07. The van der Waals surface area contributed by atoms with E-state index in [1.807, 2.05) is 31.2 Å². The first kappa shape index (κ1) is 17.4. The summed E-state index contributed by atoms with van der Waals surface area (Å²) in [5.74, 6) is 1.73. The van der Waals surface area contributed by atoms with E-state index in [0.29, 0.717) is 19.6 Å². The van der Waals surface area contributed by atoms with Gasteiger partial charge in [0.05, 0.1) is 6.61 Å². The second kappa shape index (κ2) is 9.26. The van der Waals surface area contributed by atoms with Gasteiger partial charge in [0, 0.05) is 23.6 Å². The molecule has 23 heavy (non-hydrogen) atoms. The standard InChI is InChI=1S/C19H23NO2S/c1-3-22-17-8-6-16(7-9-17)14-20-19(21)12-13-23-18-10-4-15(2)5-11-18/h4-11H,3,12-14H2,1-2H3,(H,20,21). The van der Waals surface area contributed by atoms with Crippen LogP contribution in [0.1, 0.15) is 24.5 Å². The fraction of sp³-hybridized carbons (Fsp3) is 0.316. The van der Waals surface area contributed by atoms with Crippen molar-refractivity contribution in [3.05, 3.63) is 59.7 Å². The Morgan fingerprint density at radius 2 is 1.78 bits per heavy atom. The minimum atomic E-state index is 0.0819. The smallest absolute Gasteiger partial charge is 0.221 e. The minimum absolute atomic E-state index is 0.0819. The number of aryl methyl sites for hydroxylation is 1. The number of carbonyl (C=O) groups is 1. The van der Waals surface area contributed by atoms with Crippen molar-refractivity contribution in [2.75, 3.05) is 12.4 Å². The van der Waals surface area contributed by atoms with Gasteiger partial charge in [-0.15, -0.1) is 11.8 Å². The lowest BCUT2D eigenvalue weighted by molar-refractivity contribution is -0.120. The average Bonchev–Trinajstić information content (AvgIpc) is 2.56. The summed E-state index contributed by atoms with van der Waals surface area (Å²) in [6, 6.07) is 16.2. The number of rotatable bonds is 8. The van der Waals surface area contributed by atoms with Crippen molar-refractivity contribution >= 4 is 17.7 Å². The summed E-state index contributed by atoms with van der Waals surface area (Å²) in [6.45, 7) is 5.25. The predicted molar refractivity (Wildman–Crippen MR) is 96.0 cm³/mol. The molecule has 0 aromatic heterocycles. The molecule has 0 unspecified atom stereocenters. The van der Waals surface area contributed by atoms with Gasteiger partial charge in [0.15, 0.2) is 0 Å². The van der Waals surface area contributed by atoms with Crippen LogP contribution in [-0.4, -0.2) is 18.3 Å². The van der Waals surface area contributed by atoms with Crippen molar-refractivity contribution in [3.8, 4) is 5.75 Å². The minimum Gasteiger partial charge on any atom is -0.494 e. The Morgan fingerprint density at radius 1 is 1.09 bits per heavy atom. The summed E-state index contributed by atoms with van der Waals surface area (Å²) in [7, 11) is 0. The molecular formula is C19H23NO2S. The zero-order chi connectivity index (χ0) is 16.5. The van der Waals surface area contributed by atoms with Crippen molar-refractivity contribution in [3.63, 3.8) is 0 Å². The van der Waals surface area contributed by atoms with E-state index in [-0.39, 0.29) is 5.91 Å². The van der Waals surface area contributed by atoms with E-state index in [4.69, 9.17) is 4.74 Å². The summed E-state index contributed by atoms with van der Waals surface area (Å²) < 4.78 is 5.40. The molecule has 2 aromatic carbocycles. The molecule has 0 heterocycles. The Bertz CT molecular complexity index is 608. The lowest BCUT2D eigenvalue weighted by Crippen LogP contribution is -2.22. The highest BCUT2D eigenvalue weighted by molar-refractivity contribution is 7.99. The van der Waals surface area contributed by atoms with Crippen molar-refractivity contribution < 1.29 is 9.53 Å². The average molecular weight is 329 g/mol. The largest absolute Gasteiger partial charge is 0.494 e. The van der Waals surface area contributed by atoms with Crippen molar-refractivity contribution in [2.24, 2.45) is 0 Å². The molecule has 2 aromatic rings. The number of nitrogens with one attached hydrogen (secondary N) is 1. The molecule has 0 aliphatic heterocycles. The van der Waals surface area contributed by atoms with Gasteiger partial charge in [-0.25, -0.2) is 0 Å². The van der Waals surface area contributed by atoms with Gasteiger partial charge in [0.25, 0.3) is 0 Å². The number of carbonyl (C=O) groups excluding carboxylic acids is 1. The summed E-state index contributed by atoms with van der Waals surface area (Å²) in [5.41, 5.74) is 2.33. The molecular weight excluding hydrogens is 306 g/mol. The molecule has 0 radical (unpaired) electrons. The zero-order valence-electron chi connectivity index (χ0n) is 13.7. The molecule has 1 N–H and O–H groups in total. The summed E-state index contributed by atoms with van der Waals surface area (Å²) in [6.07, 6.45) is 0.523. The van der Waals surface area contributed by atoms with Crippen LogP contribution in [0.5, 0.6) is 5.75 Å². The third kappa shape index (κ3) is 6.37. The first-order valence-electron chi connectivity index (χ1n) is 7.85. The Hall–Kier alpha value is -1.94. The van der Waals surface area contributed by atoms with Gasteiger partial charge in [-0.2, -0.15) is 0 Å². The van der Waals surface area contributed by atoms with E-state index in [1.165, 1.54) is 10.5 Å². The molecule has 0 spiro atoms. The molecule has 0 saturated carbocycles. The number of amides is 1. The van der Waals surface area contributed by atoms with Gasteiger partial charge in [-0.3, -0.25) is 4.79 Å². The van der Waals surface area contributed by atoms with Crippen LogP contribution in [0.3, 0.4) is 0 Å². The highest BCUT2D eigenvalue weighted by atomic mass is 32.2. The highest BCUT2D eigenvalue weighted by Gasteiger charge is 2.03. The molecule has 0 fully saturated rings. The third-order valence-electron chi connectivity index (χ3n) is 3.34. The first-order valence-corrected chi connectivity index (χ1v) is 8.84. The molecule has 1 amide bonds. The van der Waals surface area contributed by atoms with Crippen LogP contribution in [0.25, 0.3) is 0 Å². The van der Waals surface area contributed by atoms with Gasteiger partial charge >= 0.3 is 0 Å². The Morgan fingerprint density at radius 3 is 2.43 bits per heavy atom. The maximum absolute atomic E-state index is 11.9. The molecule has 3 nitrogen and oxygen atoms in total. The molecule has 2 rings (SSSR count). The number of thioether (sulfide) groups is 1. The van der Waals surface area contributed by atoms with Crippen LogP contribution in [0.15, 0.2) is 53.4 Å². The van der Waals surface area contributed by atoms with E-state index < -0.39 is 0 Å². The van der Waals surface area contributed by atoms with Crippen molar-refractivity contribution in [1.29, 1.82) is 0 Å². The van der Waals surface area contributed by atoms with Gasteiger partial charge in [0.1, 0.15) is 5.75 Å². The van der Waals surface area contributed by atoms with Gasteiger partial charge < -0.3 is 10.1 Å². The van der Waals surface area contributed by atoms with E-state index in [2.05, 4.69) is 36.5 Å². The van der Waals surface area contributed by atoms with Crippen molar-refractivity contribution in [1.82, 2.24) is 5.32 Å². The van der Waals surface area contributed by atoms with E-state index in [1.54, 1.807) is 11.8 Å². The van der Waals surface area contributed by atoms with Crippen LogP contribution in [-0.2, 0) is 11.3 Å². The number of hydrogen-bond acceptors (Lipinski definition) is 3. The van der Waals surface area contributed by atoms with Gasteiger partial charge in [-0.1, -0.05) is 29.8 Å². The van der Waals surface area contributed by atoms with Crippen LogP contribution in [0.4, 0.5) is 0 Å². The van der Waals surface area contributed by atoms with E-state index in [0.717, 1.165) is 17.1 Å². The summed E-state index contributed by atoms with van der Waals surface area (Å²) in [4.78, 5) is 13.1. The summed E-state index contributed by atoms with van der Waals surface area (Å²) >= 11 is 1.71. The molecule has 122 valence electrons. The normalized spacial score (nSPS) is 10.3. The fourth-order valence-electron chi connectivity index (χ4n) is 2.06. The third-order valence-corrected chi connectivity index (χ3v) is 4.36. The van der Waals surface area contributed by atoms with E-state index >= 15 is 0 Å². The number of hydrogen-bond donors (Lipinski definition) is 1. The quantitative estimate of drug-likeness (QED) is 0.738. The zero-order valence-corrected chi connectivity index (χ0v) is 14.5. The summed E-state index contributed by atoms with van der Waals surface area (Å²) in [5, 5.41) is 2.95. The molecule has 4 heteroatoms. The fourth-order valence-corrected chi connectivity index (χ4v) is 2.91. The van der Waals surface area contributed by atoms with Crippen LogP contribution < -0.4 is 10.1 Å². The highest BCUT2D eigenvalue weighted by Crippen LogP contribution is 2.19. The Kier molecular flexibility index (Phi) is 7.01. The lowest BCUT2D eigenvalue weighted by atomic mass is 10.2. The predicted octanol–water partition coefficient (Wildman–Crippen LogP) is 4.19. The SMILES string of the molecule is CCOc1ccc(CNC(=O)CCSc2ccc(C)cc2)cc1.